The van der Waals surface area contributed by atoms with Crippen LogP contribution < -0.4 is 5.32 Å². The summed E-state index contributed by atoms with van der Waals surface area (Å²) in [6.07, 6.45) is 1.61. The van der Waals surface area contributed by atoms with Gasteiger partial charge in [-0.05, 0) is 48.2 Å². The molecule has 0 unspecified atom stereocenters. The Labute approximate surface area is 149 Å². The Morgan fingerprint density at radius 2 is 2.12 bits per heavy atom. The number of nitrogens with zero attached hydrogens (tertiary/aromatic N) is 1. The lowest BCUT2D eigenvalue weighted by molar-refractivity contribution is 0.202. The molecule has 2 aromatic heterocycles. The molecule has 124 valence electrons. The van der Waals surface area contributed by atoms with Crippen molar-refractivity contribution < 1.29 is 9.21 Å². The van der Waals surface area contributed by atoms with Gasteiger partial charge in [-0.3, -0.25) is 0 Å². The number of halogens is 1. The van der Waals surface area contributed by atoms with E-state index in [2.05, 4.69) is 5.32 Å². The lowest BCUT2D eigenvalue weighted by Crippen LogP contribution is -2.33. The Kier molecular flexibility index (Phi) is 5.23. The third kappa shape index (κ3) is 4.19. The number of hydrogen-bond donors (Lipinski definition) is 1. The van der Waals surface area contributed by atoms with Crippen LogP contribution in [-0.2, 0) is 13.1 Å². The minimum absolute atomic E-state index is 0.195. The second-order valence-corrected chi connectivity index (χ2v) is 6.85. The highest BCUT2D eigenvalue weighted by molar-refractivity contribution is 7.09. The first kappa shape index (κ1) is 16.6. The topological polar surface area (TPSA) is 45.5 Å². The van der Waals surface area contributed by atoms with E-state index in [9.17, 15) is 4.79 Å². The van der Waals surface area contributed by atoms with Gasteiger partial charge in [-0.25, -0.2) is 4.79 Å². The highest BCUT2D eigenvalue weighted by Gasteiger charge is 2.17. The minimum Gasteiger partial charge on any atom is -0.467 e. The summed E-state index contributed by atoms with van der Waals surface area (Å²) < 4.78 is 5.38. The van der Waals surface area contributed by atoms with Crippen molar-refractivity contribution in [3.05, 3.63) is 75.3 Å². The number of amides is 2. The number of carbonyl (C=O) groups is 1. The summed E-state index contributed by atoms with van der Waals surface area (Å²) in [5.41, 5.74) is 1.65. The van der Waals surface area contributed by atoms with Crippen molar-refractivity contribution in [1.29, 1.82) is 0 Å². The van der Waals surface area contributed by atoms with Crippen molar-refractivity contribution in [2.75, 3.05) is 5.32 Å². The van der Waals surface area contributed by atoms with Gasteiger partial charge in [0.2, 0.25) is 0 Å². The zero-order valence-corrected chi connectivity index (χ0v) is 14.7. The van der Waals surface area contributed by atoms with Crippen LogP contribution in [0.4, 0.5) is 10.5 Å². The summed E-state index contributed by atoms with van der Waals surface area (Å²) in [6, 6.07) is 12.9. The minimum atomic E-state index is -0.195. The van der Waals surface area contributed by atoms with Gasteiger partial charge >= 0.3 is 6.03 Å². The normalized spacial score (nSPS) is 10.6. The first-order chi connectivity index (χ1) is 11.6. The number of urea groups is 1. The van der Waals surface area contributed by atoms with E-state index in [0.717, 1.165) is 16.2 Å². The smallest absolute Gasteiger partial charge is 0.322 e. The average molecular weight is 361 g/mol. The Hall–Kier alpha value is -2.24. The number of hydrogen-bond acceptors (Lipinski definition) is 3. The Morgan fingerprint density at radius 1 is 1.25 bits per heavy atom. The summed E-state index contributed by atoms with van der Waals surface area (Å²) in [5.74, 6) is 0.739. The van der Waals surface area contributed by atoms with E-state index in [1.54, 1.807) is 28.6 Å². The van der Waals surface area contributed by atoms with Gasteiger partial charge in [-0.2, -0.15) is 0 Å². The zero-order chi connectivity index (χ0) is 16.9. The molecular weight excluding hydrogens is 344 g/mol. The van der Waals surface area contributed by atoms with Crippen LogP contribution in [0.3, 0.4) is 0 Å². The molecule has 0 atom stereocenters. The lowest BCUT2D eigenvalue weighted by atomic mass is 10.2. The second-order valence-electron chi connectivity index (χ2n) is 5.41. The van der Waals surface area contributed by atoms with E-state index < -0.39 is 0 Å². The molecule has 6 heteroatoms. The van der Waals surface area contributed by atoms with Crippen LogP contribution in [0.1, 0.15) is 16.2 Å². The maximum Gasteiger partial charge on any atom is 0.322 e. The van der Waals surface area contributed by atoms with E-state index in [1.165, 1.54) is 0 Å². The van der Waals surface area contributed by atoms with Gasteiger partial charge in [0.05, 0.1) is 19.4 Å². The van der Waals surface area contributed by atoms with E-state index in [4.69, 9.17) is 16.0 Å². The quantitative estimate of drug-likeness (QED) is 0.649. The van der Waals surface area contributed by atoms with Crippen LogP contribution in [0.15, 0.2) is 58.5 Å². The predicted octanol–water partition coefficient (Wildman–Crippen LogP) is 5.54. The molecule has 0 saturated heterocycles. The molecule has 0 radical (unpaired) electrons. The fourth-order valence-electron chi connectivity index (χ4n) is 2.25. The molecule has 0 spiro atoms. The van der Waals surface area contributed by atoms with Crippen molar-refractivity contribution in [1.82, 2.24) is 4.90 Å². The van der Waals surface area contributed by atoms with Crippen molar-refractivity contribution in [2.45, 2.75) is 20.0 Å². The summed E-state index contributed by atoms with van der Waals surface area (Å²) in [6.45, 7) is 2.84. The third-order valence-corrected chi connectivity index (χ3v) is 4.83. The van der Waals surface area contributed by atoms with E-state index in [1.807, 2.05) is 48.7 Å². The first-order valence-corrected chi connectivity index (χ1v) is 8.74. The molecule has 3 rings (SSSR count). The van der Waals surface area contributed by atoms with E-state index in [-0.39, 0.29) is 6.03 Å². The Bertz CT molecular complexity index is 764. The van der Waals surface area contributed by atoms with Crippen LogP contribution in [0.25, 0.3) is 0 Å². The number of furan rings is 1. The van der Waals surface area contributed by atoms with Crippen LogP contribution in [0, 0.1) is 6.92 Å². The van der Waals surface area contributed by atoms with Gasteiger partial charge in [-0.15, -0.1) is 11.3 Å². The molecule has 0 saturated carbocycles. The van der Waals surface area contributed by atoms with Gasteiger partial charge in [-0.1, -0.05) is 23.7 Å². The Balaban J connectivity index is 1.75. The maximum absolute atomic E-state index is 12.7. The van der Waals surface area contributed by atoms with Crippen molar-refractivity contribution in [3.8, 4) is 0 Å². The van der Waals surface area contributed by atoms with Crippen LogP contribution in [0.2, 0.25) is 5.02 Å². The number of carbonyl (C=O) groups excluding carboxylic acids is 1. The number of thiophene rings is 1. The summed E-state index contributed by atoms with van der Waals surface area (Å²) in [4.78, 5) is 15.5. The van der Waals surface area contributed by atoms with Gasteiger partial charge in [0.15, 0.2) is 0 Å². The van der Waals surface area contributed by atoms with Crippen molar-refractivity contribution in [3.63, 3.8) is 0 Å². The van der Waals surface area contributed by atoms with Crippen molar-refractivity contribution in [2.24, 2.45) is 0 Å². The van der Waals surface area contributed by atoms with E-state index >= 15 is 0 Å². The molecule has 2 heterocycles. The predicted molar refractivity (Wildman–Crippen MR) is 97.5 cm³/mol. The fourth-order valence-corrected chi connectivity index (χ4v) is 3.15. The standard InChI is InChI=1S/C18H17ClN2O2S/c1-13-6-7-14(10-17(13)19)20-18(22)21(11-15-4-2-8-23-15)12-16-5-3-9-24-16/h2-10H,11-12H2,1H3,(H,20,22). The van der Waals surface area contributed by atoms with Crippen LogP contribution in [0.5, 0.6) is 0 Å². The molecule has 4 nitrogen and oxygen atoms in total. The van der Waals surface area contributed by atoms with Crippen LogP contribution >= 0.6 is 22.9 Å². The second kappa shape index (κ2) is 7.55. The van der Waals surface area contributed by atoms with Crippen LogP contribution in [-0.4, -0.2) is 10.9 Å². The Morgan fingerprint density at radius 3 is 2.79 bits per heavy atom. The number of benzene rings is 1. The molecule has 2 amide bonds. The highest BCUT2D eigenvalue weighted by atomic mass is 35.5. The molecule has 1 aromatic carbocycles. The number of anilines is 1. The highest BCUT2D eigenvalue weighted by Crippen LogP contribution is 2.21. The zero-order valence-electron chi connectivity index (χ0n) is 13.2. The molecule has 0 aliphatic carbocycles. The molecule has 0 aliphatic rings. The first-order valence-electron chi connectivity index (χ1n) is 7.48. The van der Waals surface area contributed by atoms with Gasteiger partial charge in [0.25, 0.3) is 0 Å². The molecule has 0 aliphatic heterocycles. The van der Waals surface area contributed by atoms with Gasteiger partial charge in [0.1, 0.15) is 5.76 Å². The molecule has 1 N–H and O–H groups in total. The lowest BCUT2D eigenvalue weighted by Gasteiger charge is -2.21. The summed E-state index contributed by atoms with van der Waals surface area (Å²) >= 11 is 7.75. The fraction of sp³-hybridized carbons (Fsp3) is 0.167. The molecule has 3 aromatic rings. The van der Waals surface area contributed by atoms with E-state index in [0.29, 0.717) is 23.8 Å². The van der Waals surface area contributed by atoms with Gasteiger partial charge < -0.3 is 14.6 Å². The SMILES string of the molecule is Cc1ccc(NC(=O)N(Cc2ccco2)Cc2cccs2)cc1Cl. The molecule has 0 bridgehead atoms. The van der Waals surface area contributed by atoms with Crippen molar-refractivity contribution >= 4 is 34.7 Å². The maximum atomic E-state index is 12.7. The summed E-state index contributed by atoms with van der Waals surface area (Å²) in [5, 5.41) is 5.53. The number of nitrogens with one attached hydrogen (secondary N) is 1. The third-order valence-electron chi connectivity index (χ3n) is 3.56. The molecular formula is C18H17ClN2O2S. The van der Waals surface area contributed by atoms with Gasteiger partial charge in [0, 0.05) is 15.6 Å². The number of rotatable bonds is 5. The average Bonchev–Trinajstić information content (AvgIpc) is 3.24. The monoisotopic (exact) mass is 360 g/mol. The largest absolute Gasteiger partial charge is 0.467 e. The molecule has 24 heavy (non-hydrogen) atoms. The number of aryl methyl sites for hydroxylation is 1. The summed E-state index contributed by atoms with van der Waals surface area (Å²) in [7, 11) is 0. The molecule has 0 fully saturated rings.